The summed E-state index contributed by atoms with van der Waals surface area (Å²) in [7, 11) is 0. The lowest BCUT2D eigenvalue weighted by Crippen LogP contribution is -2.51. The minimum Gasteiger partial charge on any atom is -0.444 e. The maximum absolute atomic E-state index is 12.3. The standard InChI is InChI=1S/C18H33N3O3/c1-5-6-12-11-13(20-17(23)24-18(2,3)4)7-8-15(12)21-10-9-14(19)16(21)22/h12-15H,5-11,19H2,1-4H3,(H,20,23)/t12?,13?,14-,15?/m0/s1. The molecule has 1 aliphatic heterocycles. The van der Waals surface area contributed by atoms with Gasteiger partial charge in [0.1, 0.15) is 5.60 Å². The van der Waals surface area contributed by atoms with Crippen molar-refractivity contribution in [3.63, 3.8) is 0 Å². The second kappa shape index (κ2) is 7.72. The van der Waals surface area contributed by atoms with Gasteiger partial charge in [-0.05, 0) is 58.8 Å². The Morgan fingerprint density at radius 3 is 2.58 bits per heavy atom. The fourth-order valence-corrected chi connectivity index (χ4v) is 4.00. The van der Waals surface area contributed by atoms with Crippen LogP contribution in [0.1, 0.15) is 66.2 Å². The molecule has 0 aromatic heterocycles. The van der Waals surface area contributed by atoms with Crippen LogP contribution in [0.25, 0.3) is 0 Å². The van der Waals surface area contributed by atoms with Gasteiger partial charge in [-0.15, -0.1) is 0 Å². The van der Waals surface area contributed by atoms with Gasteiger partial charge >= 0.3 is 6.09 Å². The third-order valence-electron chi connectivity index (χ3n) is 5.00. The maximum atomic E-state index is 12.3. The van der Waals surface area contributed by atoms with Crippen molar-refractivity contribution in [2.24, 2.45) is 11.7 Å². The van der Waals surface area contributed by atoms with Gasteiger partial charge in [-0.1, -0.05) is 13.3 Å². The number of nitrogens with zero attached hydrogens (tertiary/aromatic N) is 1. The lowest BCUT2D eigenvalue weighted by Gasteiger charge is -2.41. The highest BCUT2D eigenvalue weighted by Crippen LogP contribution is 2.34. The van der Waals surface area contributed by atoms with Crippen LogP contribution in [0.5, 0.6) is 0 Å². The van der Waals surface area contributed by atoms with Crippen molar-refractivity contribution in [2.75, 3.05) is 6.54 Å². The van der Waals surface area contributed by atoms with Gasteiger partial charge in [0.15, 0.2) is 0 Å². The SMILES string of the molecule is CCCC1CC(NC(=O)OC(C)(C)C)CCC1N1CC[C@H](N)C1=O. The third-order valence-corrected chi connectivity index (χ3v) is 5.00. The maximum Gasteiger partial charge on any atom is 0.407 e. The number of hydrogen-bond donors (Lipinski definition) is 2. The average Bonchev–Trinajstić information content (AvgIpc) is 2.78. The number of amides is 2. The molecule has 3 unspecified atom stereocenters. The molecule has 0 radical (unpaired) electrons. The van der Waals surface area contributed by atoms with Crippen molar-refractivity contribution in [3.8, 4) is 0 Å². The highest BCUT2D eigenvalue weighted by atomic mass is 16.6. The normalized spacial score (nSPS) is 31.2. The summed E-state index contributed by atoms with van der Waals surface area (Å²) in [6.45, 7) is 8.54. The van der Waals surface area contributed by atoms with Crippen LogP contribution in [0, 0.1) is 5.92 Å². The zero-order chi connectivity index (χ0) is 17.9. The van der Waals surface area contributed by atoms with E-state index in [4.69, 9.17) is 10.5 Å². The van der Waals surface area contributed by atoms with E-state index in [1.165, 1.54) is 0 Å². The van der Waals surface area contributed by atoms with Gasteiger partial charge in [0.2, 0.25) is 5.91 Å². The average molecular weight is 339 g/mol. The molecule has 6 nitrogen and oxygen atoms in total. The molecule has 2 amide bonds. The van der Waals surface area contributed by atoms with Crippen molar-refractivity contribution >= 4 is 12.0 Å². The van der Waals surface area contributed by atoms with Gasteiger partial charge in [-0.2, -0.15) is 0 Å². The van der Waals surface area contributed by atoms with Gasteiger partial charge in [-0.3, -0.25) is 4.79 Å². The quantitative estimate of drug-likeness (QED) is 0.824. The molecule has 3 N–H and O–H groups in total. The lowest BCUT2D eigenvalue weighted by atomic mass is 9.78. The summed E-state index contributed by atoms with van der Waals surface area (Å²) in [5, 5.41) is 3.01. The van der Waals surface area contributed by atoms with E-state index in [2.05, 4.69) is 12.2 Å². The second-order valence-electron chi connectivity index (χ2n) is 8.20. The Balaban J connectivity index is 1.95. The van der Waals surface area contributed by atoms with Crippen LogP contribution in [0.4, 0.5) is 4.79 Å². The lowest BCUT2D eigenvalue weighted by molar-refractivity contribution is -0.132. The number of carbonyl (C=O) groups is 2. The molecule has 0 aromatic rings. The van der Waals surface area contributed by atoms with Crippen LogP contribution in [0.15, 0.2) is 0 Å². The van der Waals surface area contributed by atoms with E-state index in [9.17, 15) is 9.59 Å². The van der Waals surface area contributed by atoms with Crippen molar-refractivity contribution in [1.82, 2.24) is 10.2 Å². The summed E-state index contributed by atoms with van der Waals surface area (Å²) in [5.41, 5.74) is 5.40. The molecule has 0 bridgehead atoms. The van der Waals surface area contributed by atoms with Crippen LogP contribution in [-0.2, 0) is 9.53 Å². The molecule has 0 aromatic carbocycles. The zero-order valence-corrected chi connectivity index (χ0v) is 15.5. The number of carbonyl (C=O) groups excluding carboxylic acids is 2. The summed E-state index contributed by atoms with van der Waals surface area (Å²) in [6.07, 6.45) is 5.25. The predicted octanol–water partition coefficient (Wildman–Crippen LogP) is 2.41. The number of hydrogen-bond acceptors (Lipinski definition) is 4. The number of nitrogens with two attached hydrogens (primary N) is 1. The molecule has 2 fully saturated rings. The van der Waals surface area contributed by atoms with E-state index in [1.54, 1.807) is 0 Å². The Bertz CT molecular complexity index is 461. The molecule has 138 valence electrons. The number of nitrogens with one attached hydrogen (secondary N) is 1. The summed E-state index contributed by atoms with van der Waals surface area (Å²) in [4.78, 5) is 26.3. The topological polar surface area (TPSA) is 84.7 Å². The van der Waals surface area contributed by atoms with E-state index in [0.29, 0.717) is 5.92 Å². The Labute approximate surface area is 145 Å². The van der Waals surface area contributed by atoms with Crippen molar-refractivity contribution < 1.29 is 14.3 Å². The largest absolute Gasteiger partial charge is 0.444 e. The first-order valence-corrected chi connectivity index (χ1v) is 9.27. The first kappa shape index (κ1) is 19.0. The van der Waals surface area contributed by atoms with Crippen LogP contribution in [0.2, 0.25) is 0 Å². The fourth-order valence-electron chi connectivity index (χ4n) is 4.00. The molecule has 6 heteroatoms. The molecule has 1 saturated heterocycles. The Morgan fingerprint density at radius 2 is 2.04 bits per heavy atom. The van der Waals surface area contributed by atoms with Gasteiger partial charge in [0.25, 0.3) is 0 Å². The number of alkyl carbamates (subject to hydrolysis) is 1. The van der Waals surface area contributed by atoms with Gasteiger partial charge < -0.3 is 20.7 Å². The van der Waals surface area contributed by atoms with Gasteiger partial charge in [-0.25, -0.2) is 4.79 Å². The molecule has 2 aliphatic rings. The van der Waals surface area contributed by atoms with Crippen LogP contribution in [0.3, 0.4) is 0 Å². The second-order valence-corrected chi connectivity index (χ2v) is 8.20. The first-order valence-electron chi connectivity index (χ1n) is 9.27. The molecular weight excluding hydrogens is 306 g/mol. The molecule has 1 saturated carbocycles. The van der Waals surface area contributed by atoms with E-state index < -0.39 is 5.60 Å². The summed E-state index contributed by atoms with van der Waals surface area (Å²) in [5.74, 6) is 0.512. The Morgan fingerprint density at radius 1 is 1.33 bits per heavy atom. The van der Waals surface area contributed by atoms with E-state index >= 15 is 0 Å². The van der Waals surface area contributed by atoms with Crippen LogP contribution >= 0.6 is 0 Å². The predicted molar refractivity (Wildman–Crippen MR) is 93.5 cm³/mol. The first-order chi connectivity index (χ1) is 11.2. The van der Waals surface area contributed by atoms with Crippen LogP contribution < -0.4 is 11.1 Å². The van der Waals surface area contributed by atoms with Gasteiger partial charge in [0, 0.05) is 18.6 Å². The number of ether oxygens (including phenoxy) is 1. The van der Waals surface area contributed by atoms with Gasteiger partial charge in [0.05, 0.1) is 6.04 Å². The highest BCUT2D eigenvalue weighted by Gasteiger charge is 2.40. The zero-order valence-electron chi connectivity index (χ0n) is 15.5. The van der Waals surface area contributed by atoms with E-state index in [-0.39, 0.29) is 30.1 Å². The number of likely N-dealkylation sites (tertiary alicyclic amines) is 1. The summed E-state index contributed by atoms with van der Waals surface area (Å²) in [6, 6.07) is 0.0617. The minimum absolute atomic E-state index is 0.0969. The van der Waals surface area contributed by atoms with E-state index in [0.717, 1.165) is 45.1 Å². The fraction of sp³-hybridized carbons (Fsp3) is 0.889. The smallest absolute Gasteiger partial charge is 0.407 e. The Hall–Kier alpha value is -1.30. The van der Waals surface area contributed by atoms with E-state index in [1.807, 2.05) is 25.7 Å². The molecule has 0 spiro atoms. The minimum atomic E-state index is -0.484. The molecule has 1 heterocycles. The summed E-state index contributed by atoms with van der Waals surface area (Å²) >= 11 is 0. The molecule has 24 heavy (non-hydrogen) atoms. The van der Waals surface area contributed by atoms with Crippen molar-refractivity contribution in [1.29, 1.82) is 0 Å². The summed E-state index contributed by atoms with van der Waals surface area (Å²) < 4.78 is 5.36. The van der Waals surface area contributed by atoms with Crippen molar-refractivity contribution in [2.45, 2.75) is 89.9 Å². The Kier molecular flexibility index (Phi) is 6.12. The highest BCUT2D eigenvalue weighted by molar-refractivity contribution is 5.84. The monoisotopic (exact) mass is 339 g/mol. The molecular formula is C18H33N3O3. The number of rotatable bonds is 4. The molecule has 1 aliphatic carbocycles. The third kappa shape index (κ3) is 4.85. The molecule has 2 rings (SSSR count). The van der Waals surface area contributed by atoms with Crippen LogP contribution in [-0.4, -0.2) is 47.2 Å². The molecule has 4 atom stereocenters. The van der Waals surface area contributed by atoms with Crippen molar-refractivity contribution in [3.05, 3.63) is 0 Å².